The molecule has 0 aliphatic carbocycles. The van der Waals surface area contributed by atoms with E-state index in [2.05, 4.69) is 45.1 Å². The number of ether oxygens (including phenoxy) is 2. The molecule has 0 atom stereocenters. The summed E-state index contributed by atoms with van der Waals surface area (Å²) in [4.78, 5) is 8.59. The van der Waals surface area contributed by atoms with E-state index in [9.17, 15) is 0 Å². The fourth-order valence-electron chi connectivity index (χ4n) is 2.02. The van der Waals surface area contributed by atoms with Crippen molar-refractivity contribution in [3.05, 3.63) is 40.6 Å². The van der Waals surface area contributed by atoms with Crippen molar-refractivity contribution in [2.45, 2.75) is 26.9 Å². The summed E-state index contributed by atoms with van der Waals surface area (Å²) in [5.41, 5.74) is 1.89. The van der Waals surface area contributed by atoms with Gasteiger partial charge in [-0.15, -0.1) is 0 Å². The molecule has 0 fully saturated rings. The molecule has 134 valence electrons. The lowest BCUT2D eigenvalue weighted by atomic mass is 10.2. The molecule has 0 spiro atoms. The zero-order chi connectivity index (χ0) is 18.2. The van der Waals surface area contributed by atoms with Crippen LogP contribution in [0.5, 0.6) is 11.5 Å². The number of aromatic nitrogens is 2. The number of methoxy groups -OCH3 is 1. The summed E-state index contributed by atoms with van der Waals surface area (Å²) in [6, 6.07) is 7.69. The van der Waals surface area contributed by atoms with E-state index in [4.69, 9.17) is 9.47 Å². The van der Waals surface area contributed by atoms with Gasteiger partial charge in [0.05, 0.1) is 11.8 Å². The second kappa shape index (κ2) is 9.58. The molecule has 0 amide bonds. The molecule has 0 unspecified atom stereocenters. The van der Waals surface area contributed by atoms with E-state index in [1.54, 1.807) is 24.6 Å². The molecular weight excluding hydrogens is 402 g/mol. The molecule has 0 bridgehead atoms. The van der Waals surface area contributed by atoms with Crippen molar-refractivity contribution in [3.8, 4) is 11.5 Å². The molecule has 0 aliphatic heterocycles. The van der Waals surface area contributed by atoms with E-state index in [1.165, 1.54) is 6.42 Å². The van der Waals surface area contributed by atoms with Crippen LogP contribution in [0.25, 0.3) is 10.2 Å². The van der Waals surface area contributed by atoms with E-state index in [0.29, 0.717) is 12.4 Å². The second-order valence-corrected chi connectivity index (χ2v) is 7.07. The number of nitrogens with zero attached hydrogens (tertiary/aromatic N) is 2. The first-order chi connectivity index (χ1) is 12.1. The van der Waals surface area contributed by atoms with E-state index in [0.717, 1.165) is 31.3 Å². The predicted octanol–water partition coefficient (Wildman–Crippen LogP) is 5.50. The Kier molecular flexibility index (Phi) is 7.46. The van der Waals surface area contributed by atoms with Crippen LogP contribution in [-0.4, -0.2) is 24.1 Å². The van der Waals surface area contributed by atoms with Gasteiger partial charge in [-0.1, -0.05) is 31.6 Å². The first kappa shape index (κ1) is 19.5. The normalized spacial score (nSPS) is 10.1. The summed E-state index contributed by atoms with van der Waals surface area (Å²) in [5, 5.41) is 3.90. The Morgan fingerprint density at radius 2 is 2.00 bits per heavy atom. The number of thiazole rings is 1. The maximum absolute atomic E-state index is 5.87. The Labute approximate surface area is 160 Å². The average Bonchev–Trinajstić information content (AvgIpc) is 3.03. The number of hydrogen-bond acceptors (Lipinski definition) is 6. The lowest BCUT2D eigenvalue weighted by Crippen LogP contribution is -1.96. The van der Waals surface area contributed by atoms with Gasteiger partial charge < -0.3 is 14.8 Å². The molecule has 3 rings (SSSR count). The van der Waals surface area contributed by atoms with E-state index < -0.39 is 0 Å². The van der Waals surface area contributed by atoms with E-state index in [-0.39, 0.29) is 0 Å². The largest absolute Gasteiger partial charge is 0.494 e. The number of fused-ring (bicyclic) bond motifs is 1. The first-order valence-corrected chi connectivity index (χ1v) is 9.61. The third-order valence-electron chi connectivity index (χ3n) is 3.06. The fourth-order valence-corrected chi connectivity index (χ4v) is 3.30. The van der Waals surface area contributed by atoms with Crippen molar-refractivity contribution in [1.29, 1.82) is 0 Å². The molecule has 0 aliphatic rings. The second-order valence-electron chi connectivity index (χ2n) is 5.22. The van der Waals surface area contributed by atoms with Crippen LogP contribution in [0.2, 0.25) is 0 Å². The maximum Gasteiger partial charge on any atom is 0.183 e. The van der Waals surface area contributed by atoms with Crippen molar-refractivity contribution in [1.82, 2.24) is 9.97 Å². The number of halogens is 1. The number of rotatable bonds is 5. The summed E-state index contributed by atoms with van der Waals surface area (Å²) in [5.74, 6) is 1.46. The quantitative estimate of drug-likeness (QED) is 0.548. The number of benzene rings is 1. The van der Waals surface area contributed by atoms with Crippen LogP contribution in [-0.2, 0) is 6.61 Å². The summed E-state index contributed by atoms with van der Waals surface area (Å²) in [6.07, 6.45) is 2.99. The minimum atomic E-state index is 0.466. The van der Waals surface area contributed by atoms with Crippen molar-refractivity contribution in [3.63, 3.8) is 0 Å². The molecule has 0 saturated heterocycles. The number of hydrogen-bond donors (Lipinski definition) is 1. The molecule has 2 aromatic heterocycles. The number of nitrogens with one attached hydrogen (secondary N) is 1. The standard InChI is InChI=1S/C15H14BrN3O2S.C3H8/c1-17-15-19-14-11(20-2)6-10(7-12(14)22-15)21-8-9-3-4-18-13(16)5-9;1-3-2/h3-7H,8H2,1-2H3,(H,17,19);3H2,1-2H3. The highest BCUT2D eigenvalue weighted by Crippen LogP contribution is 2.36. The van der Waals surface area contributed by atoms with Crippen LogP contribution in [0.4, 0.5) is 5.13 Å². The zero-order valence-corrected chi connectivity index (χ0v) is 17.2. The van der Waals surface area contributed by atoms with Crippen LogP contribution >= 0.6 is 27.3 Å². The van der Waals surface area contributed by atoms with Crippen LogP contribution in [0.1, 0.15) is 25.8 Å². The van der Waals surface area contributed by atoms with Gasteiger partial charge >= 0.3 is 0 Å². The Morgan fingerprint density at radius 3 is 2.64 bits per heavy atom. The maximum atomic E-state index is 5.87. The molecule has 5 nitrogen and oxygen atoms in total. The molecule has 25 heavy (non-hydrogen) atoms. The Morgan fingerprint density at radius 1 is 1.24 bits per heavy atom. The van der Waals surface area contributed by atoms with Crippen LogP contribution in [0.15, 0.2) is 35.1 Å². The highest BCUT2D eigenvalue weighted by atomic mass is 79.9. The van der Waals surface area contributed by atoms with Crippen molar-refractivity contribution in [2.75, 3.05) is 19.5 Å². The highest BCUT2D eigenvalue weighted by molar-refractivity contribution is 9.10. The topological polar surface area (TPSA) is 56.3 Å². The van der Waals surface area contributed by atoms with Crippen molar-refractivity contribution >= 4 is 42.6 Å². The predicted molar refractivity (Wildman–Crippen MR) is 108 cm³/mol. The molecular formula is C18H22BrN3O2S. The summed E-state index contributed by atoms with van der Waals surface area (Å²) in [6.45, 7) is 4.72. The third kappa shape index (κ3) is 5.31. The molecule has 1 aromatic carbocycles. The average molecular weight is 424 g/mol. The molecule has 7 heteroatoms. The van der Waals surface area contributed by atoms with Crippen LogP contribution in [0, 0.1) is 0 Å². The smallest absolute Gasteiger partial charge is 0.183 e. The SMILES string of the molecule is CCC.CNc1nc2c(OC)cc(OCc3ccnc(Br)c3)cc2s1. The summed E-state index contributed by atoms with van der Waals surface area (Å²) < 4.78 is 13.1. The lowest BCUT2D eigenvalue weighted by molar-refractivity contribution is 0.304. The van der Waals surface area contributed by atoms with Crippen LogP contribution < -0.4 is 14.8 Å². The molecule has 0 radical (unpaired) electrons. The highest BCUT2D eigenvalue weighted by Gasteiger charge is 2.11. The van der Waals surface area contributed by atoms with Gasteiger partial charge in [-0.3, -0.25) is 0 Å². The Bertz CT molecular complexity index is 823. The minimum absolute atomic E-state index is 0.466. The zero-order valence-electron chi connectivity index (χ0n) is 14.8. The minimum Gasteiger partial charge on any atom is -0.494 e. The molecule has 2 heterocycles. The molecule has 0 saturated carbocycles. The lowest BCUT2D eigenvalue weighted by Gasteiger charge is -2.08. The third-order valence-corrected chi connectivity index (χ3v) is 4.52. The van der Waals surface area contributed by atoms with Gasteiger partial charge in [0.1, 0.15) is 28.2 Å². The summed E-state index contributed by atoms with van der Waals surface area (Å²) >= 11 is 4.92. The summed E-state index contributed by atoms with van der Waals surface area (Å²) in [7, 11) is 3.49. The van der Waals surface area contributed by atoms with Gasteiger partial charge in [-0.05, 0) is 39.7 Å². The van der Waals surface area contributed by atoms with Gasteiger partial charge in [-0.25, -0.2) is 9.97 Å². The molecule has 1 N–H and O–H groups in total. The van der Waals surface area contributed by atoms with Crippen LogP contribution in [0.3, 0.4) is 0 Å². The first-order valence-electron chi connectivity index (χ1n) is 8.00. The van der Waals surface area contributed by atoms with Crippen molar-refractivity contribution < 1.29 is 9.47 Å². The van der Waals surface area contributed by atoms with Gasteiger partial charge in [0.15, 0.2) is 5.13 Å². The fraction of sp³-hybridized carbons (Fsp3) is 0.333. The van der Waals surface area contributed by atoms with Gasteiger partial charge in [0.25, 0.3) is 0 Å². The number of anilines is 1. The van der Waals surface area contributed by atoms with Crippen molar-refractivity contribution in [2.24, 2.45) is 0 Å². The Hall–Kier alpha value is -1.86. The monoisotopic (exact) mass is 423 g/mol. The van der Waals surface area contributed by atoms with Gasteiger partial charge in [-0.2, -0.15) is 0 Å². The van der Waals surface area contributed by atoms with E-state index >= 15 is 0 Å². The van der Waals surface area contributed by atoms with E-state index in [1.807, 2.05) is 31.3 Å². The van der Waals surface area contributed by atoms with Gasteiger partial charge in [0.2, 0.25) is 0 Å². The van der Waals surface area contributed by atoms with Gasteiger partial charge in [0, 0.05) is 19.3 Å². The Balaban J connectivity index is 0.000000701. The number of pyridine rings is 1. The molecule has 3 aromatic rings.